The Morgan fingerprint density at radius 2 is 2.42 bits per heavy atom. The van der Waals surface area contributed by atoms with Gasteiger partial charge in [-0.1, -0.05) is 15.9 Å². The first-order valence-electron chi connectivity index (χ1n) is 4.04. The molecule has 0 radical (unpaired) electrons. The van der Waals surface area contributed by atoms with Crippen molar-refractivity contribution >= 4 is 21.9 Å². The predicted octanol–water partition coefficient (Wildman–Crippen LogP) is 2.22. The molecule has 0 saturated carbocycles. The van der Waals surface area contributed by atoms with E-state index in [0.29, 0.717) is 0 Å². The highest BCUT2D eigenvalue weighted by Gasteiger charge is 2.05. The van der Waals surface area contributed by atoms with Gasteiger partial charge in [-0.2, -0.15) is 0 Å². The zero-order valence-corrected chi connectivity index (χ0v) is 7.43. The largest absolute Gasteiger partial charge is 0.481 e. The minimum absolute atomic E-state index is 0.228. The van der Waals surface area contributed by atoms with E-state index in [9.17, 15) is 9.18 Å². The third-order valence-corrected chi connectivity index (χ3v) is 1.86. The number of carbonyl (C=O) groups is 1. The Kier molecular flexibility index (Phi) is 2.02. The van der Waals surface area contributed by atoms with Crippen LogP contribution in [0.2, 0.25) is 0 Å². The lowest BCUT2D eigenvalue weighted by Crippen LogP contribution is -2.01. The third-order valence-electron chi connectivity index (χ3n) is 1.17. The number of halogens is 2. The number of benzene rings is 1. The monoisotopic (exact) mass is 234 g/mol. The Morgan fingerprint density at radius 3 is 3.00 bits per heavy atom. The molecule has 2 nitrogen and oxygen atoms in total. The van der Waals surface area contributed by atoms with Crippen LogP contribution in [0, 0.1) is 5.82 Å². The predicted molar refractivity (Wildman–Crippen MR) is 45.4 cm³/mol. The van der Waals surface area contributed by atoms with E-state index in [4.69, 9.17) is 7.85 Å². The minimum atomic E-state index is -2.60. The molecule has 1 aromatic rings. The van der Waals surface area contributed by atoms with Crippen molar-refractivity contribution in [1.29, 1.82) is 0 Å². The summed E-state index contributed by atoms with van der Waals surface area (Å²) in [4.78, 5) is 10.6. The van der Waals surface area contributed by atoms with Crippen molar-refractivity contribution in [2.75, 3.05) is 0 Å². The number of hydrogen-bond donors (Lipinski definition) is 1. The Labute approximate surface area is 80.0 Å². The molecular weight excluding hydrogens is 227 g/mol. The summed E-state index contributed by atoms with van der Waals surface area (Å²) >= 11 is 2.96. The maximum Gasteiger partial charge on any atom is 0.307 e. The van der Waals surface area contributed by atoms with Crippen LogP contribution in [0.5, 0.6) is 0 Å². The molecule has 4 heteroatoms. The fourth-order valence-electron chi connectivity index (χ4n) is 0.708. The van der Waals surface area contributed by atoms with Gasteiger partial charge in [0.15, 0.2) is 0 Å². The van der Waals surface area contributed by atoms with Crippen LogP contribution in [0.1, 0.15) is 8.30 Å². The lowest BCUT2D eigenvalue weighted by molar-refractivity contribution is -0.136. The summed E-state index contributed by atoms with van der Waals surface area (Å²) < 4.78 is 27.4. The van der Waals surface area contributed by atoms with E-state index in [0.717, 1.165) is 12.1 Å². The van der Waals surface area contributed by atoms with Gasteiger partial charge >= 0.3 is 5.97 Å². The van der Waals surface area contributed by atoms with E-state index in [1.165, 1.54) is 6.07 Å². The first kappa shape index (κ1) is 6.60. The Morgan fingerprint density at radius 1 is 1.75 bits per heavy atom. The molecule has 0 heterocycles. The maximum absolute atomic E-state index is 12.8. The molecule has 1 N–H and O–H groups in total. The topological polar surface area (TPSA) is 37.3 Å². The summed E-state index contributed by atoms with van der Waals surface area (Å²) in [7, 11) is 0. The number of carboxylic acids is 1. The summed E-state index contributed by atoms with van der Waals surface area (Å²) in [5.41, 5.74) is -0.231. The SMILES string of the molecule is [2H]C([2H])(C(=O)O)c1cc(F)ccc1Br. The number of aliphatic carboxylic acids is 1. The lowest BCUT2D eigenvalue weighted by Gasteiger charge is -1.99. The molecule has 64 valence electrons. The molecule has 0 saturated heterocycles. The van der Waals surface area contributed by atoms with Crippen molar-refractivity contribution in [2.24, 2.45) is 0 Å². The smallest absolute Gasteiger partial charge is 0.307 e. The normalized spacial score (nSPS) is 13.5. The number of carboxylic acid groups (broad SMARTS) is 1. The van der Waals surface area contributed by atoms with E-state index in [1.54, 1.807) is 0 Å². The van der Waals surface area contributed by atoms with Gasteiger partial charge in [0.2, 0.25) is 0 Å². The molecule has 1 rings (SSSR count). The molecule has 0 spiro atoms. The van der Waals surface area contributed by atoms with Gasteiger partial charge in [0.05, 0.1) is 6.37 Å². The van der Waals surface area contributed by atoms with Crippen molar-refractivity contribution in [3.8, 4) is 0 Å². The van der Waals surface area contributed by atoms with Gasteiger partial charge in [0.25, 0.3) is 0 Å². The third kappa shape index (κ3) is 2.30. The molecule has 0 unspecified atom stereocenters. The summed E-state index contributed by atoms with van der Waals surface area (Å²) in [6.07, 6.45) is -2.60. The van der Waals surface area contributed by atoms with E-state index in [1.807, 2.05) is 0 Å². The molecule has 0 bridgehead atoms. The molecule has 1 aromatic carbocycles. The van der Waals surface area contributed by atoms with Gasteiger partial charge < -0.3 is 5.11 Å². The van der Waals surface area contributed by atoms with Crippen LogP contribution in [-0.2, 0) is 11.2 Å². The number of hydrogen-bond acceptors (Lipinski definition) is 1. The zero-order chi connectivity index (χ0) is 10.9. The highest BCUT2D eigenvalue weighted by molar-refractivity contribution is 9.10. The standard InChI is InChI=1S/C8H6BrFO2/c9-7-2-1-6(10)3-5(7)4-8(11)12/h1-3H,4H2,(H,11,12)/i4D2. The van der Waals surface area contributed by atoms with Gasteiger partial charge in [-0.15, -0.1) is 0 Å². The molecule has 0 amide bonds. The molecule has 0 aliphatic carbocycles. The van der Waals surface area contributed by atoms with Crippen molar-refractivity contribution in [3.63, 3.8) is 0 Å². The fourth-order valence-corrected chi connectivity index (χ4v) is 1.05. The van der Waals surface area contributed by atoms with E-state index >= 15 is 0 Å². The molecule has 12 heavy (non-hydrogen) atoms. The Balaban J connectivity index is 3.31. The minimum Gasteiger partial charge on any atom is -0.481 e. The van der Waals surface area contributed by atoms with Crippen molar-refractivity contribution in [1.82, 2.24) is 0 Å². The summed E-state index contributed by atoms with van der Waals surface area (Å²) in [6, 6.07) is 3.25. The Hall–Kier alpha value is -0.900. The zero-order valence-electron chi connectivity index (χ0n) is 7.84. The molecular formula is C8H6BrFO2. The van der Waals surface area contributed by atoms with Gasteiger partial charge in [-0.05, 0) is 23.8 Å². The molecule has 0 aliphatic rings. The number of rotatable bonds is 2. The van der Waals surface area contributed by atoms with E-state index in [-0.39, 0.29) is 10.0 Å². The van der Waals surface area contributed by atoms with Crippen LogP contribution in [-0.4, -0.2) is 11.1 Å². The second-order valence-electron chi connectivity index (χ2n) is 2.05. The second kappa shape index (κ2) is 3.67. The summed E-state index contributed by atoms with van der Waals surface area (Å²) in [6.45, 7) is 0. The van der Waals surface area contributed by atoms with Crippen LogP contribution in [0.15, 0.2) is 22.7 Å². The van der Waals surface area contributed by atoms with Crippen molar-refractivity contribution in [2.45, 2.75) is 6.37 Å². The van der Waals surface area contributed by atoms with Crippen LogP contribution >= 0.6 is 15.9 Å². The van der Waals surface area contributed by atoms with Gasteiger partial charge in [0.1, 0.15) is 5.82 Å². The maximum atomic E-state index is 12.8. The Bertz CT molecular complexity index is 382. The van der Waals surface area contributed by atoms with Gasteiger partial charge in [-0.25, -0.2) is 4.39 Å². The fraction of sp³-hybridized carbons (Fsp3) is 0.125. The van der Waals surface area contributed by atoms with Crippen LogP contribution < -0.4 is 0 Å². The average molecular weight is 235 g/mol. The van der Waals surface area contributed by atoms with E-state index in [2.05, 4.69) is 15.9 Å². The first-order chi connectivity index (χ1) is 6.35. The average Bonchev–Trinajstić information content (AvgIpc) is 2.08. The van der Waals surface area contributed by atoms with Crippen LogP contribution in [0.4, 0.5) is 4.39 Å². The van der Waals surface area contributed by atoms with Gasteiger partial charge in [0, 0.05) is 7.21 Å². The molecule has 0 aromatic heterocycles. The second-order valence-corrected chi connectivity index (χ2v) is 2.91. The van der Waals surface area contributed by atoms with Crippen LogP contribution in [0.25, 0.3) is 0 Å². The molecule has 0 atom stereocenters. The van der Waals surface area contributed by atoms with Crippen molar-refractivity contribution < 1.29 is 17.0 Å². The van der Waals surface area contributed by atoms with Gasteiger partial charge in [-0.3, -0.25) is 4.79 Å². The van der Waals surface area contributed by atoms with Crippen molar-refractivity contribution in [3.05, 3.63) is 34.1 Å². The highest BCUT2D eigenvalue weighted by atomic mass is 79.9. The van der Waals surface area contributed by atoms with E-state index < -0.39 is 18.2 Å². The summed E-state index contributed by atoms with van der Waals surface area (Å²) in [5, 5.41) is 8.59. The molecule has 0 aliphatic heterocycles. The quantitative estimate of drug-likeness (QED) is 0.853. The first-order valence-corrected chi connectivity index (χ1v) is 3.84. The van der Waals surface area contributed by atoms with Crippen LogP contribution in [0.3, 0.4) is 0 Å². The summed E-state index contributed by atoms with van der Waals surface area (Å²) in [5.74, 6) is -2.32. The highest BCUT2D eigenvalue weighted by Crippen LogP contribution is 2.18. The molecule has 0 fully saturated rings. The lowest BCUT2D eigenvalue weighted by atomic mass is 10.1.